The average Bonchev–Trinajstić information content (AvgIpc) is 2.92. The van der Waals surface area contributed by atoms with Crippen LogP contribution >= 0.6 is 0 Å². The Bertz CT molecular complexity index is 936. The van der Waals surface area contributed by atoms with Crippen LogP contribution in [0.5, 0.6) is 0 Å². The number of hydrogen-bond acceptors (Lipinski definition) is 5. The van der Waals surface area contributed by atoms with Crippen molar-refractivity contribution in [1.82, 2.24) is 0 Å². The maximum atomic E-state index is 13.0. The van der Waals surface area contributed by atoms with Gasteiger partial charge in [-0.25, -0.2) is 4.79 Å². The molecule has 218 valence electrons. The SMILES string of the molecule is CCCCCCCCCCCCCOCCOCCOC(=O)c1ccccc1Nc1cccc(C(F)(F)F)c1. The highest BCUT2D eigenvalue weighted by molar-refractivity contribution is 5.96. The number of alkyl halides is 3. The van der Waals surface area contributed by atoms with Gasteiger partial charge in [-0.05, 0) is 36.8 Å². The summed E-state index contributed by atoms with van der Waals surface area (Å²) < 4.78 is 55.3. The zero-order valence-electron chi connectivity index (χ0n) is 23.2. The first kappa shape index (κ1) is 32.6. The Morgan fingerprint density at radius 3 is 1.97 bits per heavy atom. The molecule has 2 aromatic rings. The van der Waals surface area contributed by atoms with Gasteiger partial charge >= 0.3 is 12.1 Å². The molecular formula is C31H44F3NO4. The zero-order valence-corrected chi connectivity index (χ0v) is 23.2. The summed E-state index contributed by atoms with van der Waals surface area (Å²) in [6.07, 6.45) is 9.86. The molecule has 0 unspecified atom stereocenters. The molecule has 0 spiro atoms. The van der Waals surface area contributed by atoms with Gasteiger partial charge in [0.1, 0.15) is 6.61 Å². The second-order valence-corrected chi connectivity index (χ2v) is 9.65. The molecule has 8 heteroatoms. The molecule has 5 nitrogen and oxygen atoms in total. The summed E-state index contributed by atoms with van der Waals surface area (Å²) in [7, 11) is 0. The first-order valence-electron chi connectivity index (χ1n) is 14.3. The monoisotopic (exact) mass is 551 g/mol. The molecule has 0 aliphatic heterocycles. The predicted octanol–water partition coefficient (Wildman–Crippen LogP) is 8.95. The van der Waals surface area contributed by atoms with Crippen LogP contribution in [0.2, 0.25) is 0 Å². The summed E-state index contributed by atoms with van der Waals surface area (Å²) in [5, 5.41) is 2.88. The van der Waals surface area contributed by atoms with Gasteiger partial charge in [-0.3, -0.25) is 0 Å². The van der Waals surface area contributed by atoms with Gasteiger partial charge in [-0.2, -0.15) is 13.2 Å². The van der Waals surface area contributed by atoms with Gasteiger partial charge < -0.3 is 19.5 Å². The standard InChI is InChI=1S/C31H44F3NO4/c1-2-3-4-5-6-7-8-9-10-11-14-20-37-21-22-38-23-24-39-30(36)28-18-12-13-19-29(28)35-27-17-15-16-26(25-27)31(32,33)34/h12-13,15-19,25,35H,2-11,14,20-24H2,1H3. The molecule has 0 fully saturated rings. The van der Waals surface area contributed by atoms with Crippen LogP contribution in [-0.4, -0.2) is 39.0 Å². The van der Waals surface area contributed by atoms with Crippen molar-refractivity contribution in [3.8, 4) is 0 Å². The van der Waals surface area contributed by atoms with Crippen LogP contribution in [0, 0.1) is 0 Å². The first-order valence-corrected chi connectivity index (χ1v) is 14.3. The van der Waals surface area contributed by atoms with Crippen molar-refractivity contribution in [2.45, 2.75) is 83.7 Å². The van der Waals surface area contributed by atoms with Crippen LogP contribution in [0.15, 0.2) is 48.5 Å². The maximum Gasteiger partial charge on any atom is 0.416 e. The fourth-order valence-electron chi connectivity index (χ4n) is 4.16. The van der Waals surface area contributed by atoms with E-state index >= 15 is 0 Å². The second kappa shape index (κ2) is 19.5. The lowest BCUT2D eigenvalue weighted by Gasteiger charge is -2.13. The molecule has 0 heterocycles. The fraction of sp³-hybridized carbons (Fsp3) is 0.581. The molecule has 0 atom stereocenters. The van der Waals surface area contributed by atoms with Crippen molar-refractivity contribution < 1.29 is 32.2 Å². The van der Waals surface area contributed by atoms with E-state index in [1.165, 1.54) is 76.3 Å². The molecular weight excluding hydrogens is 507 g/mol. The van der Waals surface area contributed by atoms with E-state index in [1.54, 1.807) is 24.3 Å². The highest BCUT2D eigenvalue weighted by Gasteiger charge is 2.30. The van der Waals surface area contributed by atoms with E-state index < -0.39 is 17.7 Å². The third-order valence-corrected chi connectivity index (χ3v) is 6.34. The molecule has 1 N–H and O–H groups in total. The number of anilines is 2. The van der Waals surface area contributed by atoms with E-state index in [4.69, 9.17) is 14.2 Å². The number of para-hydroxylation sites is 1. The summed E-state index contributed by atoms with van der Waals surface area (Å²) in [5.41, 5.74) is 0.0397. The third kappa shape index (κ3) is 14.4. The number of nitrogens with one attached hydrogen (secondary N) is 1. The third-order valence-electron chi connectivity index (χ3n) is 6.34. The van der Waals surface area contributed by atoms with Crippen molar-refractivity contribution >= 4 is 17.3 Å². The van der Waals surface area contributed by atoms with Gasteiger partial charge in [0.05, 0.1) is 36.6 Å². The van der Waals surface area contributed by atoms with Crippen LogP contribution < -0.4 is 5.32 Å². The molecule has 0 aromatic heterocycles. The van der Waals surface area contributed by atoms with Crippen LogP contribution in [0.1, 0.15) is 93.5 Å². The normalized spacial score (nSPS) is 11.5. The molecule has 2 aromatic carbocycles. The van der Waals surface area contributed by atoms with Gasteiger partial charge in [-0.1, -0.05) is 89.3 Å². The number of carbonyl (C=O) groups is 1. The molecule has 0 bridgehead atoms. The Balaban J connectivity index is 1.52. The predicted molar refractivity (Wildman–Crippen MR) is 150 cm³/mol. The number of halogens is 3. The number of esters is 1. The lowest BCUT2D eigenvalue weighted by Crippen LogP contribution is -2.14. The molecule has 0 saturated carbocycles. The summed E-state index contributed by atoms with van der Waals surface area (Å²) in [6.45, 7) is 4.19. The molecule has 0 radical (unpaired) electrons. The van der Waals surface area contributed by atoms with Crippen LogP contribution in [-0.2, 0) is 20.4 Å². The van der Waals surface area contributed by atoms with Gasteiger partial charge in [0.15, 0.2) is 0 Å². The lowest BCUT2D eigenvalue weighted by atomic mass is 10.1. The molecule has 0 amide bonds. The van der Waals surface area contributed by atoms with E-state index in [1.807, 2.05) is 0 Å². The second-order valence-electron chi connectivity index (χ2n) is 9.65. The van der Waals surface area contributed by atoms with Gasteiger partial charge in [-0.15, -0.1) is 0 Å². The van der Waals surface area contributed by atoms with Gasteiger partial charge in [0.2, 0.25) is 0 Å². The first-order chi connectivity index (χ1) is 18.9. The lowest BCUT2D eigenvalue weighted by molar-refractivity contribution is -0.137. The van der Waals surface area contributed by atoms with Crippen LogP contribution in [0.4, 0.5) is 24.5 Å². The molecule has 0 aliphatic carbocycles. The quantitative estimate of drug-likeness (QED) is 0.124. The van der Waals surface area contributed by atoms with Gasteiger partial charge in [0, 0.05) is 12.3 Å². The fourth-order valence-corrected chi connectivity index (χ4v) is 4.16. The minimum atomic E-state index is -4.45. The number of ether oxygens (including phenoxy) is 3. The van der Waals surface area contributed by atoms with E-state index in [9.17, 15) is 18.0 Å². The smallest absolute Gasteiger partial charge is 0.416 e. The van der Waals surface area contributed by atoms with Crippen molar-refractivity contribution in [3.63, 3.8) is 0 Å². The highest BCUT2D eigenvalue weighted by Crippen LogP contribution is 2.32. The van der Waals surface area contributed by atoms with E-state index in [2.05, 4.69) is 12.2 Å². The molecule has 0 aliphatic rings. The van der Waals surface area contributed by atoms with Crippen LogP contribution in [0.3, 0.4) is 0 Å². The van der Waals surface area contributed by atoms with Crippen LogP contribution in [0.25, 0.3) is 0 Å². The summed E-state index contributed by atoms with van der Waals surface area (Å²) in [6, 6.07) is 11.3. The Kier molecular flexibility index (Phi) is 16.3. The summed E-state index contributed by atoms with van der Waals surface area (Å²) in [4.78, 5) is 12.5. The number of hydrogen-bond donors (Lipinski definition) is 1. The van der Waals surface area contributed by atoms with Crippen molar-refractivity contribution in [2.75, 3.05) is 38.4 Å². The molecule has 2 rings (SSSR count). The molecule has 0 saturated heterocycles. The Morgan fingerprint density at radius 2 is 1.31 bits per heavy atom. The average molecular weight is 552 g/mol. The van der Waals surface area contributed by atoms with Crippen molar-refractivity contribution in [2.24, 2.45) is 0 Å². The molecule has 39 heavy (non-hydrogen) atoms. The number of benzene rings is 2. The largest absolute Gasteiger partial charge is 0.460 e. The zero-order chi connectivity index (χ0) is 28.2. The Labute approximate surface area is 231 Å². The van der Waals surface area contributed by atoms with E-state index in [0.717, 1.165) is 25.2 Å². The Morgan fingerprint density at radius 1 is 0.718 bits per heavy atom. The Hall–Kier alpha value is -2.58. The minimum Gasteiger partial charge on any atom is -0.460 e. The number of rotatable bonds is 21. The summed E-state index contributed by atoms with van der Waals surface area (Å²) >= 11 is 0. The van der Waals surface area contributed by atoms with Gasteiger partial charge in [0.25, 0.3) is 0 Å². The van der Waals surface area contributed by atoms with E-state index in [0.29, 0.717) is 18.9 Å². The number of unbranched alkanes of at least 4 members (excludes halogenated alkanes) is 10. The summed E-state index contributed by atoms with van der Waals surface area (Å²) in [5.74, 6) is -0.582. The maximum absolute atomic E-state index is 13.0. The minimum absolute atomic E-state index is 0.0648. The topological polar surface area (TPSA) is 56.8 Å². The number of carbonyl (C=O) groups excluding carboxylic acids is 1. The van der Waals surface area contributed by atoms with Crippen molar-refractivity contribution in [3.05, 3.63) is 59.7 Å². The van der Waals surface area contributed by atoms with E-state index in [-0.39, 0.29) is 24.5 Å². The highest BCUT2D eigenvalue weighted by atomic mass is 19.4. The van der Waals surface area contributed by atoms with Crippen molar-refractivity contribution in [1.29, 1.82) is 0 Å².